The first-order valence-electron chi connectivity index (χ1n) is 20.9. The molecule has 15 nitrogen and oxygen atoms in total. The Balaban J connectivity index is 0.0000180. The minimum absolute atomic E-state index is 0. The number of alkyl carbamates (subject to hydrolysis) is 1. The fourth-order valence-corrected chi connectivity index (χ4v) is 6.91. The molecule has 0 saturated carbocycles. The number of aliphatic hydroxyl groups excluding tert-OH is 1. The number of nitrogens with zero attached hydrogens (tertiary/aromatic N) is 2. The van der Waals surface area contributed by atoms with E-state index in [4.69, 9.17) is 19.9 Å². The fourth-order valence-electron chi connectivity index (χ4n) is 6.91. The molecule has 0 bridgehead atoms. The summed E-state index contributed by atoms with van der Waals surface area (Å²) >= 11 is 0. The second-order valence-corrected chi connectivity index (χ2v) is 17.6. The van der Waals surface area contributed by atoms with Crippen molar-refractivity contribution in [2.45, 2.75) is 162 Å². The van der Waals surface area contributed by atoms with Gasteiger partial charge in [0.15, 0.2) is 0 Å². The Labute approximate surface area is 383 Å². The van der Waals surface area contributed by atoms with Crippen LogP contribution < -0.4 is 15.4 Å². The van der Waals surface area contributed by atoms with E-state index in [0.29, 0.717) is 43.5 Å². The van der Waals surface area contributed by atoms with E-state index < -0.39 is 77.8 Å². The van der Waals surface area contributed by atoms with Gasteiger partial charge in [-0.25, -0.2) is 9.59 Å². The predicted molar refractivity (Wildman–Crippen MR) is 225 cm³/mol. The molecule has 337 valence electrons. The van der Waals surface area contributed by atoms with Gasteiger partial charge >= 0.3 is 12.1 Å². The van der Waals surface area contributed by atoms with Crippen molar-refractivity contribution in [2.24, 2.45) is 17.8 Å². The first-order chi connectivity index (χ1) is 27.5. The first kappa shape index (κ1) is 54.9. The van der Waals surface area contributed by atoms with Gasteiger partial charge in [0, 0.05) is 59.1 Å². The van der Waals surface area contributed by atoms with E-state index in [0.717, 1.165) is 0 Å². The molecule has 0 unspecified atom stereocenters. The molecule has 60 heavy (non-hydrogen) atoms. The van der Waals surface area contributed by atoms with Crippen molar-refractivity contribution in [1.29, 1.82) is 0 Å². The van der Waals surface area contributed by atoms with E-state index in [9.17, 15) is 33.9 Å². The van der Waals surface area contributed by atoms with Crippen LogP contribution in [-0.4, -0.2) is 119 Å². The van der Waals surface area contributed by atoms with Gasteiger partial charge in [-0.3, -0.25) is 14.4 Å². The second-order valence-electron chi connectivity index (χ2n) is 17.6. The number of Topliss-reactive ketones (excluding diaryl/α,β-unsaturated/α-hetero) is 1. The summed E-state index contributed by atoms with van der Waals surface area (Å²) in [4.78, 5) is 84.7. The molecule has 1 aromatic carbocycles. The smallest absolute Gasteiger partial charge is 0.408 e. The van der Waals surface area contributed by atoms with E-state index in [1.54, 1.807) is 45.0 Å². The summed E-state index contributed by atoms with van der Waals surface area (Å²) < 4.78 is 16.7. The van der Waals surface area contributed by atoms with Crippen LogP contribution >= 0.6 is 0 Å². The number of carbonyl (C=O) groups excluding carboxylic acids is 6. The standard InChI is InChI=1S/C44H71N5O10.Y/c1-13-28(6)37(36(51)25-31(50)19-16-26(2)3)46-39(52)38(47-43(56)59-44(8,9)10)29(7)58-42(55)35(24-30-17-20-32(57-12)21-18-30)48(11)41(54)34-15-14-22-49(34)40(53)33(45)23-27(4)5;/h16-18,20-21,26-29,33-38,45,51H,13-15,19,22-25H2,1-12H3,(H,46,52)(H,47,56);/q-2;/t28-,29+,33-,34-,35-,36-,37+,38-;/m0./s1. The number of amides is 4. The Morgan fingerprint density at radius 3 is 2.17 bits per heavy atom. The van der Waals surface area contributed by atoms with Gasteiger partial charge in [0.25, 0.3) is 0 Å². The molecule has 1 aliphatic rings. The topological polar surface area (TPSA) is 205 Å². The maximum Gasteiger partial charge on any atom is 0.408 e. The molecule has 1 radical (unpaired) electrons. The first-order valence-corrected chi connectivity index (χ1v) is 20.9. The largest absolute Gasteiger partial charge is 0.667 e. The van der Waals surface area contributed by atoms with E-state index >= 15 is 0 Å². The average Bonchev–Trinajstić information content (AvgIpc) is 3.65. The van der Waals surface area contributed by atoms with E-state index in [-0.39, 0.29) is 75.5 Å². The summed E-state index contributed by atoms with van der Waals surface area (Å²) in [6.45, 7) is 18.1. The number of ketones is 1. The van der Waals surface area contributed by atoms with Crippen LogP contribution in [0.3, 0.4) is 0 Å². The number of hydrogen-bond donors (Lipinski definition) is 3. The number of carbonyl (C=O) groups is 6. The minimum Gasteiger partial charge on any atom is -0.667 e. The van der Waals surface area contributed by atoms with Crippen molar-refractivity contribution in [1.82, 2.24) is 20.4 Å². The molecule has 1 aliphatic heterocycles. The fraction of sp³-hybridized carbons (Fsp3) is 0.705. The Bertz CT molecular complexity index is 1550. The van der Waals surface area contributed by atoms with Crippen molar-refractivity contribution < 1.29 is 80.8 Å². The number of benzene rings is 1. The normalized spacial score (nSPS) is 17.6. The van der Waals surface area contributed by atoms with Gasteiger partial charge in [0.2, 0.25) is 17.7 Å². The molecule has 1 aromatic rings. The monoisotopic (exact) mass is 918 g/mol. The number of likely N-dealkylation sites (tertiary alicyclic amines) is 1. The maximum absolute atomic E-state index is 14.3. The molecule has 0 aliphatic carbocycles. The molecule has 4 N–H and O–H groups in total. The minimum atomic E-state index is -1.53. The molecular formula is C44H71N5O10Y-2. The molecule has 1 fully saturated rings. The van der Waals surface area contributed by atoms with Crippen molar-refractivity contribution in [3.63, 3.8) is 0 Å². The molecule has 0 spiro atoms. The molecule has 1 saturated heterocycles. The van der Waals surface area contributed by atoms with Crippen LogP contribution in [0.4, 0.5) is 4.79 Å². The van der Waals surface area contributed by atoms with E-state index in [1.807, 2.05) is 48.0 Å². The third-order valence-electron chi connectivity index (χ3n) is 10.5. The number of hydrogen-bond acceptors (Lipinski definition) is 10. The van der Waals surface area contributed by atoms with Crippen LogP contribution in [-0.2, 0) is 72.6 Å². The van der Waals surface area contributed by atoms with Crippen LogP contribution in [0.1, 0.15) is 113 Å². The van der Waals surface area contributed by atoms with Crippen LogP contribution in [0.5, 0.6) is 5.75 Å². The van der Waals surface area contributed by atoms with E-state index in [1.165, 1.54) is 30.9 Å². The SMILES string of the molecule is CC[C@H](C)[C@@H](NC(=O)[C@@H](NC(=O)OC(C)(C)C)[C@@H](C)OC(=O)[C@H](Cc1ccc(OC)cc1)N(C)C(=O)[C@@H]1CCCN1C(=O)[C@@H]([NH-])CC(C)C)[C@@H](O)CC(=O)C[CH-]C(C)C.[Y]. The Morgan fingerprint density at radius 2 is 1.63 bits per heavy atom. The van der Waals surface area contributed by atoms with Gasteiger partial charge in [-0.2, -0.15) is 5.92 Å². The Kier molecular flexibility index (Phi) is 23.5. The Hall–Kier alpha value is -3.14. The molecule has 1 heterocycles. The van der Waals surface area contributed by atoms with Crippen molar-refractivity contribution >= 4 is 35.6 Å². The summed E-state index contributed by atoms with van der Waals surface area (Å²) in [6, 6.07) is 1.34. The number of likely N-dealkylation sites (N-methyl/N-ethyl adjacent to an activating group) is 1. The van der Waals surface area contributed by atoms with Gasteiger partial charge in [0.1, 0.15) is 41.4 Å². The number of esters is 1. The average molecular weight is 919 g/mol. The van der Waals surface area contributed by atoms with E-state index in [2.05, 4.69) is 10.6 Å². The van der Waals surface area contributed by atoms with Crippen LogP contribution in [0.25, 0.3) is 5.73 Å². The van der Waals surface area contributed by atoms with Crippen molar-refractivity contribution in [2.75, 3.05) is 20.7 Å². The maximum atomic E-state index is 14.3. The second kappa shape index (κ2) is 25.7. The van der Waals surface area contributed by atoms with Crippen molar-refractivity contribution in [3.8, 4) is 5.75 Å². The van der Waals surface area contributed by atoms with Gasteiger partial charge in [-0.05, 0) is 70.1 Å². The number of methoxy groups -OCH3 is 1. The third-order valence-corrected chi connectivity index (χ3v) is 10.5. The summed E-state index contributed by atoms with van der Waals surface area (Å²) in [5, 5.41) is 16.6. The summed E-state index contributed by atoms with van der Waals surface area (Å²) in [6.07, 6.45) is 0.0626. The van der Waals surface area contributed by atoms with Gasteiger partial charge in [-0.1, -0.05) is 72.6 Å². The third kappa shape index (κ3) is 17.7. The molecule has 2 rings (SSSR count). The number of aliphatic hydroxyl groups is 1. The molecular weight excluding hydrogens is 847 g/mol. The van der Waals surface area contributed by atoms with Gasteiger partial charge in [0.05, 0.1) is 19.3 Å². The zero-order valence-corrected chi connectivity index (χ0v) is 40.7. The summed E-state index contributed by atoms with van der Waals surface area (Å²) in [7, 11) is 2.98. The zero-order chi connectivity index (χ0) is 44.8. The summed E-state index contributed by atoms with van der Waals surface area (Å²) in [5.74, 6) is -2.22. The number of nitrogens with one attached hydrogen (secondary N) is 3. The molecule has 16 heteroatoms. The predicted octanol–water partition coefficient (Wildman–Crippen LogP) is 5.45. The van der Waals surface area contributed by atoms with Crippen LogP contribution in [0, 0.1) is 24.2 Å². The number of rotatable bonds is 22. The number of ether oxygens (including phenoxy) is 3. The van der Waals surface area contributed by atoms with Crippen molar-refractivity contribution in [3.05, 3.63) is 42.0 Å². The van der Waals surface area contributed by atoms with Crippen LogP contribution in [0.15, 0.2) is 24.3 Å². The Morgan fingerprint density at radius 1 is 1.02 bits per heavy atom. The van der Waals surface area contributed by atoms with Crippen LogP contribution in [0.2, 0.25) is 0 Å². The molecule has 8 atom stereocenters. The molecule has 0 aromatic heterocycles. The van der Waals surface area contributed by atoms with Gasteiger partial charge < -0.3 is 56.7 Å². The van der Waals surface area contributed by atoms with Gasteiger partial charge in [-0.15, -0.1) is 6.42 Å². The quantitative estimate of drug-likeness (QED) is 0.0992. The summed E-state index contributed by atoms with van der Waals surface area (Å²) in [5.41, 5.74) is 8.17. The molecule has 4 amide bonds. The zero-order valence-electron chi connectivity index (χ0n) is 37.9.